The number of halogens is 1. The molecule has 1 aliphatic rings. The lowest BCUT2D eigenvalue weighted by Gasteiger charge is -2.34. The molecular formula is C20H23FN2O4S. The van der Waals surface area contributed by atoms with Crippen LogP contribution in [0.4, 0.5) is 10.1 Å². The van der Waals surface area contributed by atoms with Crippen molar-refractivity contribution < 1.29 is 22.3 Å². The fraction of sp³-hybridized carbons (Fsp3) is 0.350. The van der Waals surface area contributed by atoms with Crippen LogP contribution in [0.5, 0.6) is 5.75 Å². The lowest BCUT2D eigenvalue weighted by atomic mass is 10.0. The number of benzene rings is 2. The van der Waals surface area contributed by atoms with Crippen molar-refractivity contribution in [3.05, 3.63) is 54.3 Å². The lowest BCUT2D eigenvalue weighted by molar-refractivity contribution is -0.117. The van der Waals surface area contributed by atoms with Crippen LogP contribution in [-0.2, 0) is 14.8 Å². The van der Waals surface area contributed by atoms with Crippen LogP contribution in [-0.4, -0.2) is 38.3 Å². The van der Waals surface area contributed by atoms with Gasteiger partial charge >= 0.3 is 0 Å². The maximum absolute atomic E-state index is 13.2. The summed E-state index contributed by atoms with van der Waals surface area (Å²) in [6.45, 7) is 0.344. The van der Waals surface area contributed by atoms with Gasteiger partial charge in [-0.1, -0.05) is 12.5 Å². The minimum absolute atomic E-state index is 0.0361. The maximum atomic E-state index is 13.2. The van der Waals surface area contributed by atoms with E-state index in [2.05, 4.69) is 5.32 Å². The number of nitrogens with zero attached hydrogens (tertiary/aromatic N) is 1. The zero-order valence-electron chi connectivity index (χ0n) is 15.6. The third-order valence-corrected chi connectivity index (χ3v) is 6.73. The smallest absolute Gasteiger partial charge is 0.243 e. The number of methoxy groups -OCH3 is 1. The van der Waals surface area contributed by atoms with Crippen molar-refractivity contribution in [2.75, 3.05) is 19.0 Å². The molecule has 0 radical (unpaired) electrons. The number of hydrogen-bond donors (Lipinski definition) is 1. The molecule has 0 aliphatic carbocycles. The number of hydrogen-bond acceptors (Lipinski definition) is 4. The summed E-state index contributed by atoms with van der Waals surface area (Å²) in [4.78, 5) is 12.5. The highest BCUT2D eigenvalue weighted by Gasteiger charge is 2.34. The Balaban J connectivity index is 1.73. The quantitative estimate of drug-likeness (QED) is 0.798. The van der Waals surface area contributed by atoms with E-state index < -0.39 is 21.9 Å². The summed E-state index contributed by atoms with van der Waals surface area (Å²) >= 11 is 0. The van der Waals surface area contributed by atoms with Gasteiger partial charge in [-0.25, -0.2) is 12.8 Å². The third kappa shape index (κ3) is 4.69. The highest BCUT2D eigenvalue weighted by Crippen LogP contribution is 2.28. The first-order valence-electron chi connectivity index (χ1n) is 9.11. The molecule has 1 atom stereocenters. The van der Waals surface area contributed by atoms with Crippen LogP contribution in [0, 0.1) is 5.82 Å². The average Bonchev–Trinajstić information content (AvgIpc) is 2.68. The van der Waals surface area contributed by atoms with Gasteiger partial charge in [0.2, 0.25) is 15.9 Å². The molecule has 2 aromatic rings. The lowest BCUT2D eigenvalue weighted by Crippen LogP contribution is -2.45. The number of carbonyl (C=O) groups is 1. The number of sulfonamides is 1. The monoisotopic (exact) mass is 406 g/mol. The van der Waals surface area contributed by atoms with E-state index in [1.165, 1.54) is 16.4 Å². The average molecular weight is 406 g/mol. The molecule has 0 bridgehead atoms. The highest BCUT2D eigenvalue weighted by atomic mass is 32.2. The minimum Gasteiger partial charge on any atom is -0.497 e. The molecule has 0 aromatic heterocycles. The largest absolute Gasteiger partial charge is 0.497 e. The molecule has 1 amide bonds. The normalized spacial score (nSPS) is 17.9. The first kappa shape index (κ1) is 20.3. The van der Waals surface area contributed by atoms with Crippen LogP contribution >= 0.6 is 0 Å². The summed E-state index contributed by atoms with van der Waals surface area (Å²) in [6, 6.07) is 11.3. The van der Waals surface area contributed by atoms with E-state index in [4.69, 9.17) is 4.74 Å². The van der Waals surface area contributed by atoms with E-state index in [9.17, 15) is 17.6 Å². The highest BCUT2D eigenvalue weighted by molar-refractivity contribution is 7.89. The van der Waals surface area contributed by atoms with Crippen LogP contribution < -0.4 is 10.1 Å². The summed E-state index contributed by atoms with van der Waals surface area (Å²) in [7, 11) is -2.25. The second-order valence-corrected chi connectivity index (χ2v) is 8.59. The van der Waals surface area contributed by atoms with Gasteiger partial charge < -0.3 is 10.1 Å². The van der Waals surface area contributed by atoms with E-state index in [-0.39, 0.29) is 17.2 Å². The molecule has 1 heterocycles. The maximum Gasteiger partial charge on any atom is 0.243 e. The summed E-state index contributed by atoms with van der Waals surface area (Å²) in [5.41, 5.74) is 0.591. The molecule has 1 aliphatic heterocycles. The van der Waals surface area contributed by atoms with Crippen LogP contribution in [0.1, 0.15) is 25.7 Å². The number of ether oxygens (including phenoxy) is 1. The van der Waals surface area contributed by atoms with Gasteiger partial charge in [0.1, 0.15) is 11.6 Å². The first-order chi connectivity index (χ1) is 13.4. The second-order valence-electron chi connectivity index (χ2n) is 6.70. The van der Waals surface area contributed by atoms with Crippen molar-refractivity contribution in [1.29, 1.82) is 0 Å². The van der Waals surface area contributed by atoms with E-state index >= 15 is 0 Å². The Bertz CT molecular complexity index is 931. The third-order valence-electron chi connectivity index (χ3n) is 4.77. The number of anilines is 1. The molecule has 2 aromatic carbocycles. The van der Waals surface area contributed by atoms with Crippen molar-refractivity contribution in [1.82, 2.24) is 4.31 Å². The predicted molar refractivity (Wildman–Crippen MR) is 104 cm³/mol. The van der Waals surface area contributed by atoms with Gasteiger partial charge in [-0.05, 0) is 49.2 Å². The molecule has 1 N–H and O–H groups in total. The summed E-state index contributed by atoms with van der Waals surface area (Å²) in [5.74, 6) is -0.137. The van der Waals surface area contributed by atoms with Gasteiger partial charge in [-0.15, -0.1) is 0 Å². The number of carbonyl (C=O) groups excluding carboxylic acids is 1. The summed E-state index contributed by atoms with van der Waals surface area (Å²) in [6.07, 6.45) is 2.24. The molecular weight excluding hydrogens is 383 g/mol. The fourth-order valence-corrected chi connectivity index (χ4v) is 5.06. The molecule has 150 valence electrons. The van der Waals surface area contributed by atoms with Crippen molar-refractivity contribution in [3.8, 4) is 5.75 Å². The first-order valence-corrected chi connectivity index (χ1v) is 10.6. The zero-order chi connectivity index (χ0) is 20.1. The standard InChI is InChI=1S/C20H23FN2O4S/c1-27-18-7-4-5-16(13-18)22-20(24)14-17-6-2-3-12-23(17)28(25,26)19-10-8-15(21)9-11-19/h4-5,7-11,13,17H,2-3,6,12,14H2,1H3,(H,22,24). The molecule has 3 rings (SSSR count). The van der Waals surface area contributed by atoms with Crippen molar-refractivity contribution in [2.45, 2.75) is 36.6 Å². The van der Waals surface area contributed by atoms with E-state index in [1.54, 1.807) is 31.4 Å². The van der Waals surface area contributed by atoms with Crippen molar-refractivity contribution in [2.24, 2.45) is 0 Å². The second kappa shape index (κ2) is 8.70. The Kier molecular flexibility index (Phi) is 6.31. The van der Waals surface area contributed by atoms with Gasteiger partial charge in [0, 0.05) is 30.8 Å². The molecule has 0 saturated carbocycles. The van der Waals surface area contributed by atoms with Gasteiger partial charge in [-0.3, -0.25) is 4.79 Å². The molecule has 1 unspecified atom stereocenters. The van der Waals surface area contributed by atoms with Crippen LogP contribution in [0.25, 0.3) is 0 Å². The van der Waals surface area contributed by atoms with Crippen LogP contribution in [0.15, 0.2) is 53.4 Å². The topological polar surface area (TPSA) is 75.7 Å². The van der Waals surface area contributed by atoms with Crippen molar-refractivity contribution >= 4 is 21.6 Å². The van der Waals surface area contributed by atoms with E-state index in [0.29, 0.717) is 24.4 Å². The molecule has 6 nitrogen and oxygen atoms in total. The fourth-order valence-electron chi connectivity index (χ4n) is 3.36. The van der Waals surface area contributed by atoms with Gasteiger partial charge in [-0.2, -0.15) is 4.31 Å². The molecule has 1 fully saturated rings. The van der Waals surface area contributed by atoms with Crippen molar-refractivity contribution in [3.63, 3.8) is 0 Å². The number of rotatable bonds is 6. The molecule has 1 saturated heterocycles. The Morgan fingerprint density at radius 3 is 2.68 bits per heavy atom. The van der Waals surface area contributed by atoms with Crippen LogP contribution in [0.3, 0.4) is 0 Å². The van der Waals surface area contributed by atoms with E-state index in [1.807, 2.05) is 0 Å². The number of nitrogens with one attached hydrogen (secondary N) is 1. The summed E-state index contributed by atoms with van der Waals surface area (Å²) < 4.78 is 45.6. The Hall–Kier alpha value is -2.45. The minimum atomic E-state index is -3.79. The number of piperidine rings is 1. The SMILES string of the molecule is COc1cccc(NC(=O)CC2CCCCN2S(=O)(=O)c2ccc(F)cc2)c1. The van der Waals surface area contributed by atoms with E-state index in [0.717, 1.165) is 25.0 Å². The predicted octanol–water partition coefficient (Wildman–Crippen LogP) is 3.41. The van der Waals surface area contributed by atoms with Gasteiger partial charge in [0.15, 0.2) is 0 Å². The molecule has 28 heavy (non-hydrogen) atoms. The zero-order valence-corrected chi connectivity index (χ0v) is 16.4. The Morgan fingerprint density at radius 1 is 1.21 bits per heavy atom. The van der Waals surface area contributed by atoms with Gasteiger partial charge in [0.05, 0.1) is 12.0 Å². The number of amides is 1. The van der Waals surface area contributed by atoms with Crippen LogP contribution in [0.2, 0.25) is 0 Å². The Morgan fingerprint density at radius 2 is 1.96 bits per heavy atom. The molecule has 8 heteroatoms. The Labute approximate surface area is 164 Å². The summed E-state index contributed by atoms with van der Waals surface area (Å²) in [5, 5.41) is 2.79. The van der Waals surface area contributed by atoms with Gasteiger partial charge in [0.25, 0.3) is 0 Å². The molecule has 0 spiro atoms.